The molecule has 3 saturated heterocycles. The average Bonchev–Trinajstić information content (AvgIpc) is 3.26. The van der Waals surface area contributed by atoms with Crippen molar-refractivity contribution in [2.75, 3.05) is 85.1 Å². The summed E-state index contributed by atoms with van der Waals surface area (Å²) in [5.74, 6) is 0.888. The second-order valence-electron chi connectivity index (χ2n) is 13.4. The molecule has 3 fully saturated rings. The van der Waals surface area contributed by atoms with E-state index >= 15 is 0 Å². The standard InChI is InChI=1S/C35H48Br2N6O4/c1-39-12-8-27(9-13-39)41-17-19-42(20-18-41)34(44)33(22-25-3-5-30(36)31(37)21-25)47-24-40-14-10-28(11-15-40)43-16-7-26-23-29(46-2)4-6-32(26)38-35(43)45/h3-6,21,23,27-28,33H,7-20,22,24H2,1-2H3,(H,38,45)/t33-/m1/s1. The molecule has 4 aliphatic rings. The number of hydrogen-bond acceptors (Lipinski definition) is 7. The van der Waals surface area contributed by atoms with Crippen molar-refractivity contribution < 1.29 is 19.1 Å². The number of urea groups is 1. The molecule has 2 aromatic rings. The number of nitrogens with one attached hydrogen (secondary N) is 1. The fourth-order valence-corrected chi connectivity index (χ4v) is 8.10. The van der Waals surface area contributed by atoms with Gasteiger partial charge < -0.3 is 29.5 Å². The Hall–Kier alpha value is -2.22. The number of methoxy groups -OCH3 is 1. The highest BCUT2D eigenvalue weighted by Gasteiger charge is 2.34. The predicted octanol–water partition coefficient (Wildman–Crippen LogP) is 4.90. The lowest BCUT2D eigenvalue weighted by Gasteiger charge is -2.43. The van der Waals surface area contributed by atoms with E-state index in [-0.39, 0.29) is 18.0 Å². The molecule has 12 heteroatoms. The SMILES string of the molecule is COc1ccc2c(c1)CCN(C1CCN(CO[C@H](Cc3ccc(Br)c(Br)c3)C(=O)N3CCN(C4CCN(C)CC4)CC3)CC1)C(=O)N2. The van der Waals surface area contributed by atoms with Crippen LogP contribution in [-0.2, 0) is 22.4 Å². The molecule has 3 amide bonds. The molecule has 1 atom stereocenters. The van der Waals surface area contributed by atoms with Gasteiger partial charge in [-0.15, -0.1) is 0 Å². The van der Waals surface area contributed by atoms with Crippen molar-refractivity contribution in [3.8, 4) is 5.75 Å². The number of nitrogens with zero attached hydrogens (tertiary/aromatic N) is 5. The van der Waals surface area contributed by atoms with Crippen molar-refractivity contribution >= 4 is 49.5 Å². The fourth-order valence-electron chi connectivity index (χ4n) is 7.43. The lowest BCUT2D eigenvalue weighted by atomic mass is 10.0. The number of carbonyl (C=O) groups excluding carboxylic acids is 2. The Morgan fingerprint density at radius 1 is 0.894 bits per heavy atom. The predicted molar refractivity (Wildman–Crippen MR) is 191 cm³/mol. The van der Waals surface area contributed by atoms with Crippen LogP contribution in [0.1, 0.15) is 36.8 Å². The number of piperazine rings is 1. The number of amides is 3. The molecule has 6 rings (SSSR count). The molecule has 4 aliphatic heterocycles. The van der Waals surface area contributed by atoms with Gasteiger partial charge in [-0.25, -0.2) is 4.79 Å². The number of rotatable bonds is 9. The summed E-state index contributed by atoms with van der Waals surface area (Å²) in [7, 11) is 3.86. The van der Waals surface area contributed by atoms with E-state index in [4.69, 9.17) is 9.47 Å². The normalized spacial score (nSPS) is 21.7. The van der Waals surface area contributed by atoms with Gasteiger partial charge in [0.2, 0.25) is 0 Å². The number of likely N-dealkylation sites (tertiary alicyclic amines) is 2. The van der Waals surface area contributed by atoms with Crippen LogP contribution in [0.25, 0.3) is 0 Å². The van der Waals surface area contributed by atoms with Gasteiger partial charge in [0, 0.05) is 79.0 Å². The Morgan fingerprint density at radius 3 is 2.32 bits per heavy atom. The van der Waals surface area contributed by atoms with Gasteiger partial charge in [0.25, 0.3) is 5.91 Å². The summed E-state index contributed by atoms with van der Waals surface area (Å²) in [4.78, 5) is 38.5. The minimum Gasteiger partial charge on any atom is -0.497 e. The maximum Gasteiger partial charge on any atom is 0.322 e. The molecule has 0 aromatic heterocycles. The molecule has 4 heterocycles. The molecule has 2 aromatic carbocycles. The Labute approximate surface area is 295 Å². The first-order valence-corrected chi connectivity index (χ1v) is 18.6. The third-order valence-corrected chi connectivity index (χ3v) is 12.3. The molecule has 0 bridgehead atoms. The highest BCUT2D eigenvalue weighted by atomic mass is 79.9. The maximum atomic E-state index is 14.0. The summed E-state index contributed by atoms with van der Waals surface area (Å²) >= 11 is 7.19. The quantitative estimate of drug-likeness (QED) is 0.389. The monoisotopic (exact) mass is 774 g/mol. The van der Waals surface area contributed by atoms with E-state index in [9.17, 15) is 9.59 Å². The third-order valence-electron chi connectivity index (χ3n) is 10.4. The second kappa shape index (κ2) is 16.0. The zero-order chi connectivity index (χ0) is 32.9. The summed E-state index contributed by atoms with van der Waals surface area (Å²) < 4.78 is 13.8. The van der Waals surface area contributed by atoms with Crippen molar-refractivity contribution in [1.82, 2.24) is 24.5 Å². The Bertz CT molecular complexity index is 1390. The van der Waals surface area contributed by atoms with Gasteiger partial charge in [0.15, 0.2) is 0 Å². The van der Waals surface area contributed by atoms with E-state index < -0.39 is 6.10 Å². The van der Waals surface area contributed by atoms with Crippen LogP contribution in [0.3, 0.4) is 0 Å². The zero-order valence-electron chi connectivity index (χ0n) is 27.6. The van der Waals surface area contributed by atoms with Crippen molar-refractivity contribution in [3.63, 3.8) is 0 Å². The van der Waals surface area contributed by atoms with Crippen LogP contribution in [-0.4, -0.2) is 134 Å². The van der Waals surface area contributed by atoms with Crippen LogP contribution in [0, 0.1) is 0 Å². The molecular formula is C35H48Br2N6O4. The molecular weight excluding hydrogens is 728 g/mol. The summed E-state index contributed by atoms with van der Waals surface area (Å²) in [5.41, 5.74) is 3.02. The molecule has 10 nitrogen and oxygen atoms in total. The van der Waals surface area contributed by atoms with Gasteiger partial charge in [0.05, 0.1) is 7.11 Å². The minimum atomic E-state index is -0.553. The van der Waals surface area contributed by atoms with Crippen molar-refractivity contribution in [2.24, 2.45) is 0 Å². The van der Waals surface area contributed by atoms with Crippen molar-refractivity contribution in [2.45, 2.75) is 56.7 Å². The summed E-state index contributed by atoms with van der Waals surface area (Å²) in [5, 5.41) is 3.11. The van der Waals surface area contributed by atoms with Crippen LogP contribution in [0.15, 0.2) is 45.3 Å². The van der Waals surface area contributed by atoms with Gasteiger partial charge in [-0.05, 0) is 126 Å². The minimum absolute atomic E-state index is 0.0362. The molecule has 0 aliphatic carbocycles. The highest BCUT2D eigenvalue weighted by Crippen LogP contribution is 2.29. The third kappa shape index (κ3) is 8.69. The second-order valence-corrected chi connectivity index (χ2v) is 15.1. The average molecular weight is 777 g/mol. The van der Waals surface area contributed by atoms with Gasteiger partial charge in [-0.2, -0.15) is 0 Å². The maximum absolute atomic E-state index is 14.0. The summed E-state index contributed by atoms with van der Waals surface area (Å²) in [6.45, 7) is 8.34. The molecule has 0 spiro atoms. The van der Waals surface area contributed by atoms with E-state index in [0.717, 1.165) is 103 Å². The van der Waals surface area contributed by atoms with Gasteiger partial charge in [0.1, 0.15) is 18.6 Å². The molecule has 0 unspecified atom stereocenters. The number of hydrogen-bond donors (Lipinski definition) is 1. The largest absolute Gasteiger partial charge is 0.497 e. The first kappa shape index (κ1) is 34.6. The van der Waals surface area contributed by atoms with Crippen LogP contribution in [0.2, 0.25) is 0 Å². The lowest BCUT2D eigenvalue weighted by molar-refractivity contribution is -0.150. The first-order chi connectivity index (χ1) is 22.8. The fraction of sp³-hybridized carbons (Fsp3) is 0.600. The zero-order valence-corrected chi connectivity index (χ0v) is 30.8. The van der Waals surface area contributed by atoms with E-state index in [1.165, 1.54) is 12.8 Å². The molecule has 47 heavy (non-hydrogen) atoms. The molecule has 0 saturated carbocycles. The summed E-state index contributed by atoms with van der Waals surface area (Å²) in [6, 6.07) is 12.7. The van der Waals surface area contributed by atoms with Crippen LogP contribution >= 0.6 is 31.9 Å². The number of benzene rings is 2. The molecule has 256 valence electrons. The van der Waals surface area contributed by atoms with E-state index in [1.807, 2.05) is 34.1 Å². The van der Waals surface area contributed by atoms with Gasteiger partial charge in [-0.3, -0.25) is 14.6 Å². The van der Waals surface area contributed by atoms with Crippen molar-refractivity contribution in [3.05, 3.63) is 56.5 Å². The Morgan fingerprint density at radius 2 is 1.62 bits per heavy atom. The van der Waals surface area contributed by atoms with E-state index in [0.29, 0.717) is 25.7 Å². The number of carbonyl (C=O) groups is 2. The number of halogens is 2. The topological polar surface area (TPSA) is 80.8 Å². The van der Waals surface area contributed by atoms with Crippen LogP contribution < -0.4 is 10.1 Å². The van der Waals surface area contributed by atoms with Gasteiger partial charge >= 0.3 is 6.03 Å². The first-order valence-electron chi connectivity index (χ1n) is 17.0. The number of piperidine rings is 2. The number of anilines is 1. The number of ether oxygens (including phenoxy) is 2. The van der Waals surface area contributed by atoms with Gasteiger partial charge in [-0.1, -0.05) is 6.07 Å². The Kier molecular flexibility index (Phi) is 11.8. The molecule has 0 radical (unpaired) electrons. The Balaban J connectivity index is 1.03. The van der Waals surface area contributed by atoms with Crippen molar-refractivity contribution in [1.29, 1.82) is 0 Å². The van der Waals surface area contributed by atoms with Crippen LogP contribution in [0.4, 0.5) is 10.5 Å². The van der Waals surface area contributed by atoms with Crippen LogP contribution in [0.5, 0.6) is 5.75 Å². The van der Waals surface area contributed by atoms with E-state index in [1.54, 1.807) is 7.11 Å². The van der Waals surface area contributed by atoms with E-state index in [2.05, 4.69) is 71.1 Å². The smallest absolute Gasteiger partial charge is 0.322 e. The molecule has 1 N–H and O–H groups in total. The summed E-state index contributed by atoms with van der Waals surface area (Å²) in [6.07, 6.45) is 4.91. The highest BCUT2D eigenvalue weighted by molar-refractivity contribution is 9.13. The lowest BCUT2D eigenvalue weighted by Crippen LogP contribution is -2.56. The number of fused-ring (bicyclic) bond motifs is 1.